The van der Waals surface area contributed by atoms with E-state index in [0.29, 0.717) is 5.76 Å². The minimum absolute atomic E-state index is 0.0987. The second-order valence-electron chi connectivity index (χ2n) is 3.24. The first-order chi connectivity index (χ1) is 4.55. The number of ether oxygens (including phenoxy) is 1. The molecule has 0 atom stereocenters. The van der Waals surface area contributed by atoms with Crippen LogP contribution < -0.4 is 0 Å². The molecule has 1 fully saturated rings. The first-order valence-corrected chi connectivity index (χ1v) is 3.50. The van der Waals surface area contributed by atoms with Crippen molar-refractivity contribution in [1.82, 2.24) is 0 Å². The highest BCUT2D eigenvalue weighted by Crippen LogP contribution is 2.28. The summed E-state index contributed by atoms with van der Waals surface area (Å²) < 4.78 is 4.58. The third-order valence-corrected chi connectivity index (χ3v) is 1.80. The highest BCUT2D eigenvalue weighted by Gasteiger charge is 2.32. The second kappa shape index (κ2) is 2.11. The SMILES string of the molecule is CCC(C)(C)C=C1OC1=O. The van der Waals surface area contributed by atoms with Gasteiger partial charge in [-0.1, -0.05) is 20.8 Å². The van der Waals surface area contributed by atoms with E-state index in [1.165, 1.54) is 0 Å². The number of cyclic esters (lactones) is 1. The predicted octanol–water partition coefficient (Wildman–Crippen LogP) is 1.86. The zero-order valence-electron chi connectivity index (χ0n) is 6.60. The summed E-state index contributed by atoms with van der Waals surface area (Å²) in [5, 5.41) is 0. The largest absolute Gasteiger partial charge is 0.413 e. The Hall–Kier alpha value is -0.790. The van der Waals surface area contributed by atoms with Gasteiger partial charge in [-0.2, -0.15) is 0 Å². The van der Waals surface area contributed by atoms with Gasteiger partial charge in [-0.3, -0.25) is 0 Å². The lowest BCUT2D eigenvalue weighted by atomic mass is 9.90. The molecule has 0 bridgehead atoms. The molecule has 0 saturated carbocycles. The van der Waals surface area contributed by atoms with E-state index in [9.17, 15) is 4.79 Å². The van der Waals surface area contributed by atoms with Crippen LogP contribution in [0.2, 0.25) is 0 Å². The number of hydrogen-bond acceptors (Lipinski definition) is 2. The van der Waals surface area contributed by atoms with Crippen LogP contribution in [0, 0.1) is 5.41 Å². The third kappa shape index (κ3) is 1.59. The minimum atomic E-state index is -0.165. The van der Waals surface area contributed by atoms with E-state index in [4.69, 9.17) is 0 Å². The summed E-state index contributed by atoms with van der Waals surface area (Å²) in [7, 11) is 0. The molecule has 0 radical (unpaired) electrons. The lowest BCUT2D eigenvalue weighted by Gasteiger charge is -2.14. The maximum absolute atomic E-state index is 10.4. The van der Waals surface area contributed by atoms with Crippen LogP contribution in [0.4, 0.5) is 0 Å². The van der Waals surface area contributed by atoms with Gasteiger partial charge in [-0.05, 0) is 17.9 Å². The van der Waals surface area contributed by atoms with E-state index in [2.05, 4.69) is 25.5 Å². The van der Waals surface area contributed by atoms with Crippen molar-refractivity contribution >= 4 is 5.97 Å². The van der Waals surface area contributed by atoms with Crippen molar-refractivity contribution < 1.29 is 9.53 Å². The van der Waals surface area contributed by atoms with Gasteiger partial charge >= 0.3 is 5.97 Å². The average Bonchev–Trinajstić information content (AvgIpc) is 2.46. The summed E-state index contributed by atoms with van der Waals surface area (Å²) in [5.41, 5.74) is 0.0987. The molecule has 0 spiro atoms. The van der Waals surface area contributed by atoms with E-state index >= 15 is 0 Å². The molecule has 1 heterocycles. The van der Waals surface area contributed by atoms with Crippen molar-refractivity contribution in [2.45, 2.75) is 27.2 Å². The minimum Gasteiger partial charge on any atom is -0.413 e. The number of epoxide rings is 1. The van der Waals surface area contributed by atoms with Crippen molar-refractivity contribution in [3.63, 3.8) is 0 Å². The summed E-state index contributed by atoms with van der Waals surface area (Å²) in [6.07, 6.45) is 2.91. The van der Waals surface area contributed by atoms with Gasteiger partial charge in [-0.25, -0.2) is 4.79 Å². The second-order valence-corrected chi connectivity index (χ2v) is 3.24. The fraction of sp³-hybridized carbons (Fsp3) is 0.625. The zero-order valence-corrected chi connectivity index (χ0v) is 6.60. The topological polar surface area (TPSA) is 29.6 Å². The molecule has 1 rings (SSSR count). The molecule has 1 aliphatic heterocycles. The van der Waals surface area contributed by atoms with Crippen LogP contribution in [-0.4, -0.2) is 5.97 Å². The molecule has 0 aromatic heterocycles. The molecule has 0 amide bonds. The predicted molar refractivity (Wildman–Crippen MR) is 38.2 cm³/mol. The summed E-state index contributed by atoms with van der Waals surface area (Å²) in [6.45, 7) is 6.24. The van der Waals surface area contributed by atoms with Crippen molar-refractivity contribution in [3.8, 4) is 0 Å². The van der Waals surface area contributed by atoms with Crippen LogP contribution in [0.5, 0.6) is 0 Å². The van der Waals surface area contributed by atoms with Crippen LogP contribution in [0.1, 0.15) is 27.2 Å². The summed E-state index contributed by atoms with van der Waals surface area (Å²) in [5.74, 6) is 0.369. The molecule has 0 aromatic carbocycles. The number of hydrogen-bond donors (Lipinski definition) is 0. The van der Waals surface area contributed by atoms with E-state index in [1.54, 1.807) is 0 Å². The van der Waals surface area contributed by atoms with Crippen molar-refractivity contribution in [2.24, 2.45) is 5.41 Å². The molecule has 0 unspecified atom stereocenters. The fourth-order valence-corrected chi connectivity index (χ4v) is 0.620. The maximum atomic E-state index is 10.4. The molecule has 0 aliphatic carbocycles. The standard InChI is InChI=1S/C8H12O2/c1-4-8(2,3)5-6-7(9)10-6/h5H,4H2,1-3H3. The van der Waals surface area contributed by atoms with E-state index in [0.717, 1.165) is 6.42 Å². The van der Waals surface area contributed by atoms with Crippen molar-refractivity contribution in [3.05, 3.63) is 11.8 Å². The van der Waals surface area contributed by atoms with Crippen molar-refractivity contribution in [1.29, 1.82) is 0 Å². The lowest BCUT2D eigenvalue weighted by Crippen LogP contribution is -2.04. The summed E-state index contributed by atoms with van der Waals surface area (Å²) in [6, 6.07) is 0. The molecule has 0 aromatic rings. The Kier molecular flexibility index (Phi) is 1.55. The molecule has 0 N–H and O–H groups in total. The Morgan fingerprint density at radius 2 is 2.10 bits per heavy atom. The Balaban J connectivity index is 2.60. The van der Waals surface area contributed by atoms with E-state index < -0.39 is 0 Å². The molecule has 56 valence electrons. The number of carbonyl (C=O) groups excluding carboxylic acids is 1. The normalized spacial score (nSPS) is 21.1. The van der Waals surface area contributed by atoms with Crippen LogP contribution >= 0.6 is 0 Å². The van der Waals surface area contributed by atoms with Gasteiger partial charge in [-0.15, -0.1) is 0 Å². The fourth-order valence-electron chi connectivity index (χ4n) is 0.620. The first kappa shape index (κ1) is 7.32. The van der Waals surface area contributed by atoms with E-state index in [1.807, 2.05) is 6.08 Å². The number of carbonyl (C=O) groups is 1. The number of allylic oxidation sites excluding steroid dienone is 1. The smallest absolute Gasteiger partial charge is 0.379 e. The molecule has 1 saturated heterocycles. The Labute approximate surface area is 60.9 Å². The Bertz CT molecular complexity index is 189. The molecular weight excluding hydrogens is 128 g/mol. The van der Waals surface area contributed by atoms with Crippen LogP contribution in [0.15, 0.2) is 11.8 Å². The Morgan fingerprint density at radius 1 is 1.60 bits per heavy atom. The van der Waals surface area contributed by atoms with E-state index in [-0.39, 0.29) is 11.4 Å². The van der Waals surface area contributed by atoms with Crippen LogP contribution in [0.3, 0.4) is 0 Å². The van der Waals surface area contributed by atoms with Gasteiger partial charge in [0.15, 0.2) is 0 Å². The van der Waals surface area contributed by atoms with Gasteiger partial charge in [0.1, 0.15) is 0 Å². The molecule has 2 heteroatoms. The average molecular weight is 140 g/mol. The van der Waals surface area contributed by atoms with Gasteiger partial charge in [0.25, 0.3) is 0 Å². The highest BCUT2D eigenvalue weighted by molar-refractivity contribution is 6.00. The first-order valence-electron chi connectivity index (χ1n) is 3.50. The lowest BCUT2D eigenvalue weighted by molar-refractivity contribution is -0.117. The highest BCUT2D eigenvalue weighted by atomic mass is 16.6. The summed E-state index contributed by atoms with van der Waals surface area (Å²) >= 11 is 0. The van der Waals surface area contributed by atoms with Gasteiger partial charge < -0.3 is 4.74 Å². The van der Waals surface area contributed by atoms with Gasteiger partial charge in [0.05, 0.1) is 0 Å². The van der Waals surface area contributed by atoms with Gasteiger partial charge in [0.2, 0.25) is 5.76 Å². The van der Waals surface area contributed by atoms with Gasteiger partial charge in [0, 0.05) is 0 Å². The quantitative estimate of drug-likeness (QED) is 0.433. The molecule has 1 aliphatic rings. The third-order valence-electron chi connectivity index (χ3n) is 1.80. The monoisotopic (exact) mass is 140 g/mol. The summed E-state index contributed by atoms with van der Waals surface area (Å²) in [4.78, 5) is 10.4. The Morgan fingerprint density at radius 3 is 2.40 bits per heavy atom. The number of rotatable bonds is 2. The van der Waals surface area contributed by atoms with Crippen LogP contribution in [-0.2, 0) is 9.53 Å². The van der Waals surface area contributed by atoms with Crippen LogP contribution in [0.25, 0.3) is 0 Å². The molecule has 10 heavy (non-hydrogen) atoms. The molecular formula is C8H12O2. The molecule has 2 nitrogen and oxygen atoms in total. The zero-order chi connectivity index (χ0) is 7.78. The van der Waals surface area contributed by atoms with Crippen molar-refractivity contribution in [2.75, 3.05) is 0 Å². The maximum Gasteiger partial charge on any atom is 0.379 e.